The molecule has 3 heterocycles. The highest BCUT2D eigenvalue weighted by molar-refractivity contribution is 5.79. The Kier molecular flexibility index (Phi) is 4.49. The first kappa shape index (κ1) is 15.5. The van der Waals surface area contributed by atoms with Crippen LogP contribution in [0.1, 0.15) is 37.8 Å². The van der Waals surface area contributed by atoms with E-state index in [-0.39, 0.29) is 24.3 Å². The fourth-order valence-electron chi connectivity index (χ4n) is 3.34. The molecule has 2 saturated heterocycles. The maximum atomic E-state index is 12.1. The van der Waals surface area contributed by atoms with Gasteiger partial charge in [-0.05, 0) is 25.8 Å². The molecule has 0 saturated carbocycles. The number of aliphatic hydroxyl groups excluding tert-OH is 1. The molecule has 3 rings (SSSR count). The van der Waals surface area contributed by atoms with E-state index in [0.717, 1.165) is 32.6 Å². The molecule has 0 unspecified atom stereocenters. The highest BCUT2D eigenvalue weighted by Crippen LogP contribution is 2.32. The maximum Gasteiger partial charge on any atom is 0.236 e. The number of amides is 1. The number of hydrogen-bond acceptors (Lipinski definition) is 4. The van der Waals surface area contributed by atoms with Crippen LogP contribution in [-0.2, 0) is 4.79 Å². The molecular formula is C16H26N4O2. The van der Waals surface area contributed by atoms with E-state index in [9.17, 15) is 9.90 Å². The Bertz CT molecular complexity index is 524. The molecule has 2 fully saturated rings. The molecule has 6 nitrogen and oxygen atoms in total. The molecule has 0 spiro atoms. The van der Waals surface area contributed by atoms with Crippen molar-refractivity contribution in [3.8, 4) is 0 Å². The van der Waals surface area contributed by atoms with Gasteiger partial charge in [0.2, 0.25) is 5.91 Å². The molecule has 122 valence electrons. The van der Waals surface area contributed by atoms with Crippen molar-refractivity contribution in [2.75, 3.05) is 39.3 Å². The Morgan fingerprint density at radius 2 is 2.18 bits per heavy atom. The smallest absolute Gasteiger partial charge is 0.236 e. The van der Waals surface area contributed by atoms with Crippen LogP contribution in [0.2, 0.25) is 0 Å². The number of aromatic nitrogens is 2. The van der Waals surface area contributed by atoms with Crippen LogP contribution in [0.5, 0.6) is 0 Å². The fraction of sp³-hybridized carbons (Fsp3) is 0.750. The molecule has 2 atom stereocenters. The molecule has 2 aliphatic heterocycles. The van der Waals surface area contributed by atoms with Gasteiger partial charge < -0.3 is 10.0 Å². The van der Waals surface area contributed by atoms with Crippen molar-refractivity contribution in [1.29, 1.82) is 0 Å². The second-order valence-electron chi connectivity index (χ2n) is 6.82. The Labute approximate surface area is 131 Å². The van der Waals surface area contributed by atoms with Crippen molar-refractivity contribution in [3.05, 3.63) is 18.0 Å². The van der Waals surface area contributed by atoms with Crippen molar-refractivity contribution in [3.63, 3.8) is 0 Å². The predicted molar refractivity (Wildman–Crippen MR) is 83.6 cm³/mol. The number of likely N-dealkylation sites (tertiary alicyclic amines) is 2. The van der Waals surface area contributed by atoms with Gasteiger partial charge in [-0.3, -0.25) is 14.4 Å². The van der Waals surface area contributed by atoms with Crippen LogP contribution in [0.4, 0.5) is 0 Å². The normalized spacial score (nSPS) is 25.7. The zero-order valence-electron chi connectivity index (χ0n) is 13.5. The van der Waals surface area contributed by atoms with Crippen LogP contribution in [0.3, 0.4) is 0 Å². The zero-order valence-corrected chi connectivity index (χ0v) is 13.5. The molecule has 0 aliphatic carbocycles. The van der Waals surface area contributed by atoms with Crippen molar-refractivity contribution in [2.45, 2.75) is 32.2 Å². The molecule has 2 aliphatic rings. The molecule has 0 radical (unpaired) electrons. The summed E-state index contributed by atoms with van der Waals surface area (Å²) in [5.74, 6) is 0.678. The number of aliphatic hydroxyl groups is 1. The quantitative estimate of drug-likeness (QED) is 0.870. The largest absolute Gasteiger partial charge is 0.396 e. The number of rotatable bonds is 5. The lowest BCUT2D eigenvalue weighted by atomic mass is 9.92. The van der Waals surface area contributed by atoms with Gasteiger partial charge in [-0.1, -0.05) is 0 Å². The van der Waals surface area contributed by atoms with Crippen LogP contribution in [0.25, 0.3) is 0 Å². The zero-order chi connectivity index (χ0) is 15.7. The van der Waals surface area contributed by atoms with Crippen LogP contribution >= 0.6 is 0 Å². The first-order valence-electron chi connectivity index (χ1n) is 8.23. The molecule has 6 heteroatoms. The lowest BCUT2D eigenvalue weighted by molar-refractivity contribution is -0.135. The SMILES string of the molecule is CC(C)n1cc([C@@H]2CN(CC(=O)N3CCC3)C[C@H]2CO)cn1. The van der Waals surface area contributed by atoms with E-state index in [1.165, 1.54) is 5.56 Å². The summed E-state index contributed by atoms with van der Waals surface area (Å²) < 4.78 is 1.96. The first-order chi connectivity index (χ1) is 10.6. The Balaban J connectivity index is 1.64. The van der Waals surface area contributed by atoms with Gasteiger partial charge >= 0.3 is 0 Å². The summed E-state index contributed by atoms with van der Waals surface area (Å²) in [5.41, 5.74) is 1.17. The monoisotopic (exact) mass is 306 g/mol. The fourth-order valence-corrected chi connectivity index (χ4v) is 3.34. The van der Waals surface area contributed by atoms with Crippen LogP contribution in [0.15, 0.2) is 12.4 Å². The van der Waals surface area contributed by atoms with E-state index in [1.807, 2.05) is 15.8 Å². The summed E-state index contributed by atoms with van der Waals surface area (Å²) in [7, 11) is 0. The summed E-state index contributed by atoms with van der Waals surface area (Å²) in [6.45, 7) is 8.26. The van der Waals surface area contributed by atoms with E-state index in [0.29, 0.717) is 12.6 Å². The number of hydrogen-bond donors (Lipinski definition) is 1. The summed E-state index contributed by atoms with van der Waals surface area (Å²) in [6, 6.07) is 0.340. The first-order valence-corrected chi connectivity index (χ1v) is 8.23. The van der Waals surface area contributed by atoms with E-state index in [2.05, 4.69) is 30.0 Å². The Morgan fingerprint density at radius 1 is 1.41 bits per heavy atom. The van der Waals surface area contributed by atoms with Crippen molar-refractivity contribution < 1.29 is 9.90 Å². The van der Waals surface area contributed by atoms with Gasteiger partial charge in [-0.15, -0.1) is 0 Å². The molecule has 0 bridgehead atoms. The van der Waals surface area contributed by atoms with Gasteiger partial charge in [0.25, 0.3) is 0 Å². The average molecular weight is 306 g/mol. The van der Waals surface area contributed by atoms with Crippen molar-refractivity contribution in [2.24, 2.45) is 5.92 Å². The van der Waals surface area contributed by atoms with Gasteiger partial charge in [0.15, 0.2) is 0 Å². The Hall–Kier alpha value is -1.40. The molecule has 22 heavy (non-hydrogen) atoms. The highest BCUT2D eigenvalue weighted by Gasteiger charge is 2.35. The molecule has 1 aromatic heterocycles. The highest BCUT2D eigenvalue weighted by atomic mass is 16.3. The minimum atomic E-state index is 0.159. The third-order valence-electron chi connectivity index (χ3n) is 4.90. The van der Waals surface area contributed by atoms with Gasteiger partial charge in [0, 0.05) is 56.9 Å². The maximum absolute atomic E-state index is 12.1. The van der Waals surface area contributed by atoms with Gasteiger partial charge in [0.05, 0.1) is 12.7 Å². The van der Waals surface area contributed by atoms with Crippen molar-refractivity contribution >= 4 is 5.91 Å². The summed E-state index contributed by atoms with van der Waals surface area (Å²) in [4.78, 5) is 16.2. The minimum absolute atomic E-state index is 0.159. The number of nitrogens with zero attached hydrogens (tertiary/aromatic N) is 4. The lowest BCUT2D eigenvalue weighted by Crippen LogP contribution is -2.46. The second-order valence-corrected chi connectivity index (χ2v) is 6.82. The van der Waals surface area contributed by atoms with Crippen LogP contribution in [0, 0.1) is 5.92 Å². The Morgan fingerprint density at radius 3 is 2.73 bits per heavy atom. The molecule has 1 aromatic rings. The summed E-state index contributed by atoms with van der Waals surface area (Å²) >= 11 is 0. The van der Waals surface area contributed by atoms with E-state index in [4.69, 9.17) is 0 Å². The van der Waals surface area contributed by atoms with Crippen LogP contribution < -0.4 is 0 Å². The average Bonchev–Trinajstić information content (AvgIpc) is 3.01. The number of carbonyl (C=O) groups is 1. The summed E-state index contributed by atoms with van der Waals surface area (Å²) in [6.07, 6.45) is 5.12. The molecule has 1 amide bonds. The summed E-state index contributed by atoms with van der Waals surface area (Å²) in [5, 5.41) is 14.1. The third kappa shape index (κ3) is 3.03. The standard InChI is InChI=1S/C16H26N4O2/c1-12(2)20-8-13(6-17-20)15-9-18(7-14(15)11-21)10-16(22)19-4-3-5-19/h6,8,12,14-15,21H,3-5,7,9-11H2,1-2H3/t14-,15-/m0/s1. The van der Waals surface area contributed by atoms with Crippen LogP contribution in [-0.4, -0.2) is 69.9 Å². The minimum Gasteiger partial charge on any atom is -0.396 e. The van der Waals surface area contributed by atoms with E-state index in [1.54, 1.807) is 0 Å². The molecular weight excluding hydrogens is 280 g/mol. The molecule has 0 aromatic carbocycles. The third-order valence-corrected chi connectivity index (χ3v) is 4.90. The number of carbonyl (C=O) groups excluding carboxylic acids is 1. The lowest BCUT2D eigenvalue weighted by Gasteiger charge is -2.32. The van der Waals surface area contributed by atoms with Gasteiger partial charge in [0.1, 0.15) is 0 Å². The topological polar surface area (TPSA) is 61.6 Å². The predicted octanol–water partition coefficient (Wildman–Crippen LogP) is 0.704. The van der Waals surface area contributed by atoms with Gasteiger partial charge in [-0.25, -0.2) is 0 Å². The van der Waals surface area contributed by atoms with E-state index < -0.39 is 0 Å². The second kappa shape index (κ2) is 6.38. The van der Waals surface area contributed by atoms with E-state index >= 15 is 0 Å². The van der Waals surface area contributed by atoms with Crippen molar-refractivity contribution in [1.82, 2.24) is 19.6 Å². The molecule has 1 N–H and O–H groups in total. The van der Waals surface area contributed by atoms with Gasteiger partial charge in [-0.2, -0.15) is 5.10 Å².